The summed E-state index contributed by atoms with van der Waals surface area (Å²) in [4.78, 5) is 0. The molecule has 2 aromatic rings. The highest BCUT2D eigenvalue weighted by Gasteiger charge is 2.11. The lowest BCUT2D eigenvalue weighted by molar-refractivity contribution is 0.357. The Balaban J connectivity index is 1.48. The maximum Gasteiger partial charge on any atom is 0.122 e. The van der Waals surface area contributed by atoms with Gasteiger partial charge in [-0.25, -0.2) is 0 Å². The first-order valence-electron chi connectivity index (χ1n) is 6.21. The summed E-state index contributed by atoms with van der Waals surface area (Å²) < 4.78 is 7.31. The second kappa shape index (κ2) is 5.18. The van der Waals surface area contributed by atoms with Gasteiger partial charge in [-0.05, 0) is 17.2 Å². The second-order valence-corrected chi connectivity index (χ2v) is 4.38. The average Bonchev–Trinajstić information content (AvgIpc) is 3.05. The monoisotopic (exact) mass is 244 g/mol. The molecule has 1 N–H and O–H groups in total. The smallest absolute Gasteiger partial charge is 0.122 e. The van der Waals surface area contributed by atoms with E-state index in [1.165, 1.54) is 11.1 Å². The first-order valence-corrected chi connectivity index (χ1v) is 6.21. The summed E-state index contributed by atoms with van der Waals surface area (Å²) in [6.07, 6.45) is 4.59. The normalized spacial score (nSPS) is 13.3. The zero-order valence-corrected chi connectivity index (χ0v) is 10.2. The van der Waals surface area contributed by atoms with Crippen molar-refractivity contribution in [3.8, 4) is 5.75 Å². The molecule has 0 aliphatic carbocycles. The van der Waals surface area contributed by atoms with E-state index in [-0.39, 0.29) is 0 Å². The fourth-order valence-electron chi connectivity index (χ4n) is 2.13. The van der Waals surface area contributed by atoms with Crippen LogP contribution in [-0.2, 0) is 19.5 Å². The maximum atomic E-state index is 5.49. The van der Waals surface area contributed by atoms with Crippen molar-refractivity contribution in [2.45, 2.75) is 19.5 Å². The van der Waals surface area contributed by atoms with Gasteiger partial charge in [-0.2, -0.15) is 0 Å². The zero-order valence-electron chi connectivity index (χ0n) is 10.2. The summed E-state index contributed by atoms with van der Waals surface area (Å²) in [5.41, 5.74) is 2.63. The van der Waals surface area contributed by atoms with E-state index in [0.717, 1.165) is 38.4 Å². The molecule has 1 aromatic heterocycles. The lowest BCUT2D eigenvalue weighted by atomic mass is 10.1. The molecule has 0 spiro atoms. The Morgan fingerprint density at radius 1 is 1.39 bits per heavy atom. The minimum Gasteiger partial charge on any atom is -0.493 e. The van der Waals surface area contributed by atoms with Crippen LogP contribution < -0.4 is 10.1 Å². The van der Waals surface area contributed by atoms with E-state index in [0.29, 0.717) is 0 Å². The van der Waals surface area contributed by atoms with E-state index in [1.807, 2.05) is 10.9 Å². The number of rotatable bonds is 5. The predicted octanol–water partition coefficient (Wildman–Crippen LogP) is 1.00. The van der Waals surface area contributed by atoms with E-state index in [2.05, 4.69) is 33.8 Å². The van der Waals surface area contributed by atoms with E-state index >= 15 is 0 Å². The molecule has 5 nitrogen and oxygen atoms in total. The predicted molar refractivity (Wildman–Crippen MR) is 67.4 cm³/mol. The van der Waals surface area contributed by atoms with Crippen LogP contribution in [0.2, 0.25) is 0 Å². The Morgan fingerprint density at radius 3 is 3.28 bits per heavy atom. The van der Waals surface area contributed by atoms with Crippen molar-refractivity contribution < 1.29 is 4.74 Å². The summed E-state index contributed by atoms with van der Waals surface area (Å²) in [5, 5.41) is 11.1. The van der Waals surface area contributed by atoms with Gasteiger partial charge in [0.05, 0.1) is 19.3 Å². The molecule has 0 saturated heterocycles. The number of nitrogens with zero attached hydrogens (tertiary/aromatic N) is 3. The number of benzene rings is 1. The first kappa shape index (κ1) is 11.2. The first-order chi connectivity index (χ1) is 8.92. The van der Waals surface area contributed by atoms with Gasteiger partial charge in [0, 0.05) is 25.7 Å². The van der Waals surface area contributed by atoms with Gasteiger partial charge in [-0.3, -0.25) is 4.68 Å². The molecule has 1 aromatic carbocycles. The minimum atomic E-state index is 0.818. The zero-order chi connectivity index (χ0) is 12.2. The van der Waals surface area contributed by atoms with Crippen molar-refractivity contribution in [3.05, 3.63) is 41.7 Å². The van der Waals surface area contributed by atoms with Crippen LogP contribution in [0, 0.1) is 0 Å². The molecule has 0 fully saturated rings. The quantitative estimate of drug-likeness (QED) is 0.797. The molecule has 2 heterocycles. The Bertz CT molecular complexity index is 510. The molecule has 18 heavy (non-hydrogen) atoms. The molecular weight excluding hydrogens is 228 g/mol. The van der Waals surface area contributed by atoms with Crippen molar-refractivity contribution in [3.63, 3.8) is 0 Å². The molecule has 5 heteroatoms. The van der Waals surface area contributed by atoms with Crippen molar-refractivity contribution in [1.29, 1.82) is 0 Å². The van der Waals surface area contributed by atoms with Crippen molar-refractivity contribution in [2.75, 3.05) is 13.2 Å². The number of hydrogen-bond donors (Lipinski definition) is 1. The van der Waals surface area contributed by atoms with Crippen LogP contribution in [0.1, 0.15) is 11.1 Å². The Morgan fingerprint density at radius 2 is 2.39 bits per heavy atom. The SMILES string of the molecule is c1cn(CCNCc2ccc3c(c2)CCO3)nn1. The van der Waals surface area contributed by atoms with Crippen molar-refractivity contribution in [2.24, 2.45) is 0 Å². The highest BCUT2D eigenvalue weighted by Crippen LogP contribution is 2.25. The number of aromatic nitrogens is 3. The molecule has 0 amide bonds. The number of fused-ring (bicyclic) bond motifs is 1. The molecule has 94 valence electrons. The summed E-state index contributed by atoms with van der Waals surface area (Å²) in [6, 6.07) is 6.41. The Hall–Kier alpha value is -1.88. The van der Waals surface area contributed by atoms with Gasteiger partial charge >= 0.3 is 0 Å². The van der Waals surface area contributed by atoms with Gasteiger partial charge in [-0.15, -0.1) is 5.10 Å². The van der Waals surface area contributed by atoms with Crippen LogP contribution in [0.4, 0.5) is 0 Å². The molecule has 0 atom stereocenters. The molecule has 0 unspecified atom stereocenters. The Labute approximate surface area is 106 Å². The summed E-state index contributed by atoms with van der Waals surface area (Å²) >= 11 is 0. The molecule has 0 bridgehead atoms. The topological polar surface area (TPSA) is 52.0 Å². The molecule has 1 aliphatic heterocycles. The van der Waals surface area contributed by atoms with E-state index in [4.69, 9.17) is 4.74 Å². The number of hydrogen-bond acceptors (Lipinski definition) is 4. The fourth-order valence-corrected chi connectivity index (χ4v) is 2.13. The molecule has 0 saturated carbocycles. The highest BCUT2D eigenvalue weighted by molar-refractivity contribution is 5.39. The lowest BCUT2D eigenvalue weighted by Crippen LogP contribution is -2.19. The maximum absolute atomic E-state index is 5.49. The Kier molecular flexibility index (Phi) is 3.23. The van der Waals surface area contributed by atoms with Gasteiger partial charge in [0.2, 0.25) is 0 Å². The van der Waals surface area contributed by atoms with Crippen LogP contribution >= 0.6 is 0 Å². The van der Waals surface area contributed by atoms with Crippen LogP contribution in [0.3, 0.4) is 0 Å². The summed E-state index contributed by atoms with van der Waals surface area (Å²) in [5.74, 6) is 1.04. The van der Waals surface area contributed by atoms with Crippen LogP contribution in [-0.4, -0.2) is 28.1 Å². The highest BCUT2D eigenvalue weighted by atomic mass is 16.5. The lowest BCUT2D eigenvalue weighted by Gasteiger charge is -2.06. The second-order valence-electron chi connectivity index (χ2n) is 4.38. The van der Waals surface area contributed by atoms with Crippen LogP contribution in [0.25, 0.3) is 0 Å². The van der Waals surface area contributed by atoms with Crippen LogP contribution in [0.15, 0.2) is 30.6 Å². The fraction of sp³-hybridized carbons (Fsp3) is 0.385. The third-order valence-electron chi connectivity index (χ3n) is 3.07. The van der Waals surface area contributed by atoms with Gasteiger partial charge in [0.1, 0.15) is 5.75 Å². The molecule has 3 rings (SSSR count). The van der Waals surface area contributed by atoms with E-state index in [9.17, 15) is 0 Å². The van der Waals surface area contributed by atoms with Gasteiger partial charge in [0.15, 0.2) is 0 Å². The standard InChI is InChI=1S/C13H16N4O/c1-2-13-12(3-8-18-13)9-11(1)10-14-4-6-17-7-5-15-16-17/h1-2,5,7,9,14H,3-4,6,8,10H2. The number of ether oxygens (including phenoxy) is 1. The third-order valence-corrected chi connectivity index (χ3v) is 3.07. The van der Waals surface area contributed by atoms with Crippen molar-refractivity contribution in [1.82, 2.24) is 20.3 Å². The minimum absolute atomic E-state index is 0.818. The molecule has 0 radical (unpaired) electrons. The largest absolute Gasteiger partial charge is 0.493 e. The van der Waals surface area contributed by atoms with E-state index < -0.39 is 0 Å². The molecular formula is C13H16N4O. The van der Waals surface area contributed by atoms with Gasteiger partial charge < -0.3 is 10.1 Å². The summed E-state index contributed by atoms with van der Waals surface area (Å²) in [6.45, 7) is 3.42. The third kappa shape index (κ3) is 2.51. The van der Waals surface area contributed by atoms with E-state index in [1.54, 1.807) is 6.20 Å². The number of nitrogens with one attached hydrogen (secondary N) is 1. The van der Waals surface area contributed by atoms with Gasteiger partial charge in [0.25, 0.3) is 0 Å². The van der Waals surface area contributed by atoms with Crippen molar-refractivity contribution >= 4 is 0 Å². The average molecular weight is 244 g/mol. The van der Waals surface area contributed by atoms with Gasteiger partial charge in [-0.1, -0.05) is 17.3 Å². The van der Waals surface area contributed by atoms with Crippen LogP contribution in [0.5, 0.6) is 5.75 Å². The summed E-state index contributed by atoms with van der Waals surface area (Å²) in [7, 11) is 0. The molecule has 1 aliphatic rings.